The van der Waals surface area contributed by atoms with Crippen LogP contribution in [-0.2, 0) is 4.74 Å². The predicted molar refractivity (Wildman–Crippen MR) is 70.1 cm³/mol. The first-order valence-electron chi connectivity index (χ1n) is 6.10. The molecule has 0 spiro atoms. The van der Waals surface area contributed by atoms with Crippen LogP contribution in [0.1, 0.15) is 17.4 Å². The molecular formula is C13H13N3O4. The largest absolute Gasteiger partial charge is 0.461 e. The highest BCUT2D eigenvalue weighted by atomic mass is 16.7. The molecule has 7 nitrogen and oxygen atoms in total. The quantitative estimate of drug-likeness (QED) is 0.851. The number of carbonyl (C=O) groups is 1. The lowest BCUT2D eigenvalue weighted by atomic mass is 10.2. The fraction of sp³-hybridized carbons (Fsp3) is 0.231. The number of esters is 1. The minimum absolute atomic E-state index is 0.126. The Hall–Kier alpha value is -2.70. The van der Waals surface area contributed by atoms with E-state index in [9.17, 15) is 4.79 Å². The zero-order valence-corrected chi connectivity index (χ0v) is 10.8. The topological polar surface area (TPSA) is 88.6 Å². The highest BCUT2D eigenvalue weighted by molar-refractivity contribution is 5.93. The van der Waals surface area contributed by atoms with E-state index in [2.05, 4.69) is 4.98 Å². The van der Waals surface area contributed by atoms with Crippen molar-refractivity contribution in [2.24, 2.45) is 0 Å². The van der Waals surface area contributed by atoms with Gasteiger partial charge >= 0.3 is 5.97 Å². The van der Waals surface area contributed by atoms with Gasteiger partial charge in [0.15, 0.2) is 23.0 Å². The van der Waals surface area contributed by atoms with Crippen molar-refractivity contribution in [2.45, 2.75) is 6.92 Å². The summed E-state index contributed by atoms with van der Waals surface area (Å²) >= 11 is 0. The van der Waals surface area contributed by atoms with E-state index < -0.39 is 5.97 Å². The summed E-state index contributed by atoms with van der Waals surface area (Å²) in [4.78, 5) is 15.9. The molecule has 7 heteroatoms. The monoisotopic (exact) mass is 275 g/mol. The molecule has 20 heavy (non-hydrogen) atoms. The van der Waals surface area contributed by atoms with Crippen LogP contribution in [0.4, 0.5) is 5.82 Å². The van der Waals surface area contributed by atoms with Crippen molar-refractivity contribution in [3.63, 3.8) is 0 Å². The molecule has 0 bridgehead atoms. The second-order valence-corrected chi connectivity index (χ2v) is 4.11. The van der Waals surface area contributed by atoms with Gasteiger partial charge in [-0.1, -0.05) is 0 Å². The minimum Gasteiger partial charge on any atom is -0.461 e. The standard InChI is InChI=1S/C13H13N3O4/c1-2-18-13(17)11-12(14)15-6-16(11)8-3-4-9-10(5-8)20-7-19-9/h3-6H,2,7,14H2,1H3. The number of anilines is 1. The fourth-order valence-corrected chi connectivity index (χ4v) is 2.00. The van der Waals surface area contributed by atoms with Gasteiger partial charge in [0, 0.05) is 6.07 Å². The molecule has 104 valence electrons. The summed E-state index contributed by atoms with van der Waals surface area (Å²) in [5.74, 6) is 0.894. The second kappa shape index (κ2) is 4.76. The summed E-state index contributed by atoms with van der Waals surface area (Å²) in [6.45, 7) is 2.19. The van der Waals surface area contributed by atoms with Crippen LogP contribution in [0.25, 0.3) is 5.69 Å². The van der Waals surface area contributed by atoms with Crippen molar-refractivity contribution in [1.82, 2.24) is 9.55 Å². The van der Waals surface area contributed by atoms with E-state index >= 15 is 0 Å². The van der Waals surface area contributed by atoms with Crippen LogP contribution >= 0.6 is 0 Å². The molecular weight excluding hydrogens is 262 g/mol. The van der Waals surface area contributed by atoms with Crippen molar-refractivity contribution in [2.75, 3.05) is 19.1 Å². The maximum absolute atomic E-state index is 11.9. The number of hydrogen-bond acceptors (Lipinski definition) is 6. The molecule has 0 fully saturated rings. The number of ether oxygens (including phenoxy) is 3. The van der Waals surface area contributed by atoms with E-state index in [0.29, 0.717) is 17.2 Å². The Balaban J connectivity index is 2.04. The number of aromatic nitrogens is 2. The normalized spacial score (nSPS) is 12.4. The van der Waals surface area contributed by atoms with Crippen molar-refractivity contribution < 1.29 is 19.0 Å². The first-order valence-corrected chi connectivity index (χ1v) is 6.10. The van der Waals surface area contributed by atoms with Gasteiger partial charge in [-0.2, -0.15) is 0 Å². The molecule has 1 aliphatic rings. The number of carbonyl (C=O) groups excluding carboxylic acids is 1. The maximum atomic E-state index is 11.9. The van der Waals surface area contributed by atoms with E-state index in [4.69, 9.17) is 19.9 Å². The average Bonchev–Trinajstić information content (AvgIpc) is 3.04. The van der Waals surface area contributed by atoms with Gasteiger partial charge in [-0.3, -0.25) is 4.57 Å². The van der Waals surface area contributed by atoms with Gasteiger partial charge in [-0.05, 0) is 19.1 Å². The lowest BCUT2D eigenvalue weighted by molar-refractivity contribution is 0.0518. The number of hydrogen-bond donors (Lipinski definition) is 1. The number of nitrogens with two attached hydrogens (primary N) is 1. The van der Waals surface area contributed by atoms with Crippen LogP contribution in [0.3, 0.4) is 0 Å². The van der Waals surface area contributed by atoms with Gasteiger partial charge < -0.3 is 19.9 Å². The van der Waals surface area contributed by atoms with Crippen LogP contribution in [0.15, 0.2) is 24.5 Å². The Kier molecular flexibility index (Phi) is 2.94. The van der Waals surface area contributed by atoms with Crippen molar-refractivity contribution in [3.05, 3.63) is 30.2 Å². The van der Waals surface area contributed by atoms with Crippen LogP contribution in [0.5, 0.6) is 11.5 Å². The summed E-state index contributed by atoms with van der Waals surface area (Å²) in [5, 5.41) is 0. The maximum Gasteiger partial charge on any atom is 0.359 e. The number of fused-ring (bicyclic) bond motifs is 1. The fourth-order valence-electron chi connectivity index (χ4n) is 2.00. The third kappa shape index (κ3) is 1.93. The smallest absolute Gasteiger partial charge is 0.359 e. The van der Waals surface area contributed by atoms with E-state index in [1.807, 2.05) is 0 Å². The molecule has 0 atom stereocenters. The van der Waals surface area contributed by atoms with Crippen LogP contribution < -0.4 is 15.2 Å². The predicted octanol–water partition coefficient (Wildman–Crippen LogP) is 1.36. The molecule has 0 radical (unpaired) electrons. The molecule has 2 aromatic rings. The van der Waals surface area contributed by atoms with E-state index in [1.54, 1.807) is 29.7 Å². The van der Waals surface area contributed by atoms with Crippen LogP contribution in [0.2, 0.25) is 0 Å². The van der Waals surface area contributed by atoms with Gasteiger partial charge in [0.2, 0.25) is 6.79 Å². The van der Waals surface area contributed by atoms with Crippen molar-refractivity contribution >= 4 is 11.8 Å². The van der Waals surface area contributed by atoms with Gasteiger partial charge in [-0.25, -0.2) is 9.78 Å². The highest BCUT2D eigenvalue weighted by Crippen LogP contribution is 2.34. The summed E-state index contributed by atoms with van der Waals surface area (Å²) in [6, 6.07) is 5.31. The molecule has 0 aliphatic carbocycles. The minimum atomic E-state index is -0.514. The zero-order chi connectivity index (χ0) is 14.1. The number of nitrogen functional groups attached to an aromatic ring is 1. The summed E-state index contributed by atoms with van der Waals surface area (Å²) in [6.07, 6.45) is 1.47. The van der Waals surface area contributed by atoms with Gasteiger partial charge in [-0.15, -0.1) is 0 Å². The third-order valence-corrected chi connectivity index (χ3v) is 2.90. The average molecular weight is 275 g/mol. The Morgan fingerprint density at radius 2 is 2.25 bits per heavy atom. The Bertz CT molecular complexity index is 666. The Labute approximate surface area is 114 Å². The van der Waals surface area contributed by atoms with E-state index in [-0.39, 0.29) is 24.9 Å². The molecule has 3 rings (SSSR count). The highest BCUT2D eigenvalue weighted by Gasteiger charge is 2.21. The number of benzene rings is 1. The molecule has 1 aromatic heterocycles. The molecule has 1 aliphatic heterocycles. The first-order chi connectivity index (χ1) is 9.70. The SMILES string of the molecule is CCOC(=O)c1c(N)ncn1-c1ccc2c(c1)OCO2. The summed E-state index contributed by atoms with van der Waals surface area (Å²) in [7, 11) is 0. The summed E-state index contributed by atoms with van der Waals surface area (Å²) < 4.78 is 17.1. The van der Waals surface area contributed by atoms with Gasteiger partial charge in [0.1, 0.15) is 6.33 Å². The molecule has 1 aromatic carbocycles. The number of rotatable bonds is 3. The second-order valence-electron chi connectivity index (χ2n) is 4.11. The lowest BCUT2D eigenvalue weighted by Gasteiger charge is -2.08. The number of nitrogens with zero attached hydrogens (tertiary/aromatic N) is 2. The van der Waals surface area contributed by atoms with E-state index in [1.165, 1.54) is 6.33 Å². The molecule has 2 heterocycles. The van der Waals surface area contributed by atoms with Gasteiger partial charge in [0.05, 0.1) is 12.3 Å². The van der Waals surface area contributed by atoms with E-state index in [0.717, 1.165) is 0 Å². The third-order valence-electron chi connectivity index (χ3n) is 2.90. The number of imidazole rings is 1. The zero-order valence-electron chi connectivity index (χ0n) is 10.8. The summed E-state index contributed by atoms with van der Waals surface area (Å²) in [5.41, 5.74) is 6.63. The Morgan fingerprint density at radius 1 is 1.45 bits per heavy atom. The molecule has 2 N–H and O–H groups in total. The molecule has 0 saturated heterocycles. The lowest BCUT2D eigenvalue weighted by Crippen LogP contribution is -2.12. The first kappa shape index (κ1) is 12.3. The molecule has 0 unspecified atom stereocenters. The Morgan fingerprint density at radius 3 is 3.05 bits per heavy atom. The van der Waals surface area contributed by atoms with Crippen LogP contribution in [-0.4, -0.2) is 28.9 Å². The van der Waals surface area contributed by atoms with Crippen molar-refractivity contribution in [1.29, 1.82) is 0 Å². The van der Waals surface area contributed by atoms with Crippen LogP contribution in [0, 0.1) is 0 Å². The molecule has 0 saturated carbocycles. The van der Waals surface area contributed by atoms with Gasteiger partial charge in [0.25, 0.3) is 0 Å². The van der Waals surface area contributed by atoms with Crippen molar-refractivity contribution in [3.8, 4) is 17.2 Å². The molecule has 0 amide bonds.